The Kier molecular flexibility index (Phi) is 4.37. The van der Waals surface area contributed by atoms with Gasteiger partial charge < -0.3 is 9.63 Å². The van der Waals surface area contributed by atoms with Gasteiger partial charge in [-0.3, -0.25) is 0 Å². The molecule has 1 N–H and O–H groups in total. The number of halogens is 1. The monoisotopic (exact) mass is 324 g/mol. The van der Waals surface area contributed by atoms with Gasteiger partial charge in [0.05, 0.1) is 12.0 Å². The second-order valence-electron chi connectivity index (χ2n) is 4.69. The van der Waals surface area contributed by atoms with E-state index in [-0.39, 0.29) is 5.92 Å². The Morgan fingerprint density at radius 2 is 2.16 bits per heavy atom. The van der Waals surface area contributed by atoms with Crippen LogP contribution in [0.3, 0.4) is 0 Å². The molecular formula is C14H17BrN2O2. The Bertz CT molecular complexity index is 566. The highest BCUT2D eigenvalue weighted by molar-refractivity contribution is 9.10. The molecule has 0 amide bonds. The number of aryl methyl sites for hydroxylation is 1. The van der Waals surface area contributed by atoms with Crippen molar-refractivity contribution in [3.63, 3.8) is 0 Å². The molecule has 0 aliphatic heterocycles. The zero-order chi connectivity index (χ0) is 14.0. The molecule has 2 atom stereocenters. The lowest BCUT2D eigenvalue weighted by molar-refractivity contribution is 0.141. The third kappa shape index (κ3) is 3.04. The van der Waals surface area contributed by atoms with Gasteiger partial charge in [0.1, 0.15) is 0 Å². The predicted molar refractivity (Wildman–Crippen MR) is 76.9 cm³/mol. The van der Waals surface area contributed by atoms with Crippen LogP contribution in [0.1, 0.15) is 37.6 Å². The van der Waals surface area contributed by atoms with E-state index in [0.29, 0.717) is 11.7 Å². The molecular weight excluding hydrogens is 308 g/mol. The molecule has 0 aliphatic carbocycles. The lowest BCUT2D eigenvalue weighted by Gasteiger charge is -2.12. The van der Waals surface area contributed by atoms with Gasteiger partial charge in [-0.1, -0.05) is 34.1 Å². The Morgan fingerprint density at radius 1 is 1.42 bits per heavy atom. The van der Waals surface area contributed by atoms with Gasteiger partial charge in [0.15, 0.2) is 0 Å². The van der Waals surface area contributed by atoms with Gasteiger partial charge in [-0.2, -0.15) is 4.98 Å². The third-order valence-corrected chi connectivity index (χ3v) is 3.80. The summed E-state index contributed by atoms with van der Waals surface area (Å²) in [6, 6.07) is 5.97. The Labute approximate surface area is 121 Å². The quantitative estimate of drug-likeness (QED) is 0.931. The average Bonchev–Trinajstić information content (AvgIpc) is 2.78. The van der Waals surface area contributed by atoms with Crippen molar-refractivity contribution in [3.8, 4) is 11.4 Å². The molecule has 0 spiro atoms. The molecule has 0 aliphatic rings. The number of rotatable bonds is 4. The van der Waals surface area contributed by atoms with Crippen LogP contribution in [0.25, 0.3) is 11.4 Å². The highest BCUT2D eigenvalue weighted by Crippen LogP contribution is 2.29. The zero-order valence-corrected chi connectivity index (χ0v) is 12.8. The van der Waals surface area contributed by atoms with Gasteiger partial charge in [0, 0.05) is 10.0 Å². The largest absolute Gasteiger partial charge is 0.393 e. The molecule has 4 nitrogen and oxygen atoms in total. The van der Waals surface area contributed by atoms with Crippen molar-refractivity contribution in [2.75, 3.05) is 0 Å². The van der Waals surface area contributed by atoms with E-state index in [9.17, 15) is 5.11 Å². The minimum Gasteiger partial charge on any atom is -0.393 e. The minimum atomic E-state index is -0.500. The summed E-state index contributed by atoms with van der Waals surface area (Å²) in [6.45, 7) is 5.75. The second kappa shape index (κ2) is 5.84. The standard InChI is InChI=1S/C14H17BrN2O2/c1-4-10(9(3)18)14-16-13(17-19-14)11-6-5-8(2)7-12(11)15/h5-7,9-10,18H,4H2,1-3H3. The number of aliphatic hydroxyl groups excluding tert-OH is 1. The van der Waals surface area contributed by atoms with Crippen molar-refractivity contribution in [1.82, 2.24) is 10.1 Å². The van der Waals surface area contributed by atoms with Gasteiger partial charge in [0.2, 0.25) is 11.7 Å². The van der Waals surface area contributed by atoms with Gasteiger partial charge in [-0.05, 0) is 38.0 Å². The van der Waals surface area contributed by atoms with Crippen molar-refractivity contribution in [3.05, 3.63) is 34.1 Å². The Morgan fingerprint density at radius 3 is 2.74 bits per heavy atom. The molecule has 5 heteroatoms. The summed E-state index contributed by atoms with van der Waals surface area (Å²) in [5, 5.41) is 13.7. The first-order valence-electron chi connectivity index (χ1n) is 6.31. The van der Waals surface area contributed by atoms with Crippen LogP contribution in [-0.4, -0.2) is 21.4 Å². The van der Waals surface area contributed by atoms with Crippen LogP contribution in [0.15, 0.2) is 27.2 Å². The smallest absolute Gasteiger partial charge is 0.232 e. The molecule has 1 heterocycles. The van der Waals surface area contributed by atoms with E-state index in [1.54, 1.807) is 6.92 Å². The van der Waals surface area contributed by atoms with E-state index < -0.39 is 6.10 Å². The van der Waals surface area contributed by atoms with Crippen LogP contribution < -0.4 is 0 Å². The van der Waals surface area contributed by atoms with Crippen LogP contribution in [0.5, 0.6) is 0 Å². The van der Waals surface area contributed by atoms with Gasteiger partial charge in [0.25, 0.3) is 0 Å². The maximum atomic E-state index is 9.70. The fraction of sp³-hybridized carbons (Fsp3) is 0.429. The lowest BCUT2D eigenvalue weighted by Crippen LogP contribution is -2.13. The molecule has 0 fully saturated rings. The molecule has 1 aromatic carbocycles. The van der Waals surface area contributed by atoms with E-state index in [1.165, 1.54) is 0 Å². The molecule has 2 rings (SSSR count). The summed E-state index contributed by atoms with van der Waals surface area (Å²) >= 11 is 3.51. The van der Waals surface area contributed by atoms with Crippen LogP contribution in [0, 0.1) is 6.92 Å². The van der Waals surface area contributed by atoms with Crippen LogP contribution in [0.4, 0.5) is 0 Å². The molecule has 0 saturated carbocycles. The number of aliphatic hydroxyl groups is 1. The molecule has 0 bridgehead atoms. The summed E-state index contributed by atoms with van der Waals surface area (Å²) in [6.07, 6.45) is 0.258. The summed E-state index contributed by atoms with van der Waals surface area (Å²) in [4.78, 5) is 4.40. The number of aromatic nitrogens is 2. The maximum absolute atomic E-state index is 9.70. The van der Waals surface area contributed by atoms with Crippen LogP contribution >= 0.6 is 15.9 Å². The summed E-state index contributed by atoms with van der Waals surface area (Å²) in [5.74, 6) is 0.909. The lowest BCUT2D eigenvalue weighted by atomic mass is 10.0. The van der Waals surface area contributed by atoms with E-state index in [4.69, 9.17) is 4.52 Å². The number of hydrogen-bond acceptors (Lipinski definition) is 4. The highest BCUT2D eigenvalue weighted by Gasteiger charge is 2.22. The van der Waals surface area contributed by atoms with Gasteiger partial charge >= 0.3 is 0 Å². The van der Waals surface area contributed by atoms with Crippen LogP contribution in [-0.2, 0) is 0 Å². The van der Waals surface area contributed by atoms with Crippen molar-refractivity contribution in [2.24, 2.45) is 0 Å². The molecule has 102 valence electrons. The first-order valence-corrected chi connectivity index (χ1v) is 7.10. The molecule has 19 heavy (non-hydrogen) atoms. The average molecular weight is 325 g/mol. The fourth-order valence-corrected chi connectivity index (χ4v) is 2.69. The normalized spacial score (nSPS) is 14.4. The summed E-state index contributed by atoms with van der Waals surface area (Å²) < 4.78 is 6.21. The first kappa shape index (κ1) is 14.2. The van der Waals surface area contributed by atoms with Crippen molar-refractivity contribution >= 4 is 15.9 Å². The minimum absolute atomic E-state index is 0.120. The highest BCUT2D eigenvalue weighted by atomic mass is 79.9. The summed E-state index contributed by atoms with van der Waals surface area (Å²) in [5.41, 5.74) is 2.05. The molecule has 1 aromatic heterocycles. The maximum Gasteiger partial charge on any atom is 0.232 e. The van der Waals surface area contributed by atoms with E-state index in [2.05, 4.69) is 26.1 Å². The second-order valence-corrected chi connectivity index (χ2v) is 5.55. The van der Waals surface area contributed by atoms with E-state index in [0.717, 1.165) is 22.0 Å². The fourth-order valence-electron chi connectivity index (χ4n) is 2.02. The Balaban J connectivity index is 2.35. The van der Waals surface area contributed by atoms with Gasteiger partial charge in [-0.25, -0.2) is 0 Å². The number of nitrogens with zero attached hydrogens (tertiary/aromatic N) is 2. The molecule has 0 saturated heterocycles. The Hall–Kier alpha value is -1.20. The van der Waals surface area contributed by atoms with Gasteiger partial charge in [-0.15, -0.1) is 0 Å². The molecule has 0 radical (unpaired) electrons. The van der Waals surface area contributed by atoms with Crippen molar-refractivity contribution < 1.29 is 9.63 Å². The molecule has 2 aromatic rings. The summed E-state index contributed by atoms with van der Waals surface area (Å²) in [7, 11) is 0. The molecule has 2 unspecified atom stereocenters. The first-order chi connectivity index (χ1) is 9.02. The van der Waals surface area contributed by atoms with E-state index in [1.807, 2.05) is 32.0 Å². The zero-order valence-electron chi connectivity index (χ0n) is 11.2. The SMILES string of the molecule is CCC(c1nc(-c2ccc(C)cc2Br)no1)C(C)O. The number of hydrogen-bond donors (Lipinski definition) is 1. The number of benzene rings is 1. The van der Waals surface area contributed by atoms with Crippen molar-refractivity contribution in [1.29, 1.82) is 0 Å². The topological polar surface area (TPSA) is 59.2 Å². The predicted octanol–water partition coefficient (Wildman–Crippen LogP) is 3.68. The van der Waals surface area contributed by atoms with E-state index >= 15 is 0 Å². The van der Waals surface area contributed by atoms with Crippen LogP contribution in [0.2, 0.25) is 0 Å². The van der Waals surface area contributed by atoms with Crippen molar-refractivity contribution in [2.45, 2.75) is 39.2 Å². The third-order valence-electron chi connectivity index (χ3n) is 3.15.